The highest BCUT2D eigenvalue weighted by atomic mass is 19.1. The van der Waals surface area contributed by atoms with Crippen LogP contribution in [0.25, 0.3) is 28.5 Å². The van der Waals surface area contributed by atoms with Crippen LogP contribution in [0.15, 0.2) is 54.4 Å². The van der Waals surface area contributed by atoms with Crippen molar-refractivity contribution < 1.29 is 8.78 Å². The fraction of sp³-hybridized carbons (Fsp3) is 0.136. The van der Waals surface area contributed by atoms with Crippen LogP contribution in [0.5, 0.6) is 0 Å². The van der Waals surface area contributed by atoms with Gasteiger partial charge in [0.1, 0.15) is 29.3 Å². The molecule has 0 radical (unpaired) electrons. The Bertz CT molecular complexity index is 1390. The van der Waals surface area contributed by atoms with Gasteiger partial charge < -0.3 is 10.3 Å². The molecule has 3 aromatic heterocycles. The normalized spacial score (nSPS) is 12.4. The number of allylic oxidation sites excluding steroid dienone is 2. The van der Waals surface area contributed by atoms with Crippen LogP contribution in [0.3, 0.4) is 0 Å². The number of benzene rings is 1. The van der Waals surface area contributed by atoms with Crippen LogP contribution < -0.4 is 10.9 Å². The summed E-state index contributed by atoms with van der Waals surface area (Å²) in [6.45, 7) is 7.04. The van der Waals surface area contributed by atoms with Crippen molar-refractivity contribution in [2.45, 2.75) is 19.9 Å². The van der Waals surface area contributed by atoms with Gasteiger partial charge in [-0.25, -0.2) is 28.7 Å². The number of aromatic nitrogens is 6. The number of anilines is 1. The first kappa shape index (κ1) is 21.0. The lowest BCUT2D eigenvalue weighted by molar-refractivity contribution is 0.584. The summed E-state index contributed by atoms with van der Waals surface area (Å²) < 4.78 is 29.3. The highest BCUT2D eigenvalue weighted by molar-refractivity contribution is 5.82. The molecule has 1 unspecified atom stereocenters. The molecule has 0 spiro atoms. The molecule has 1 aromatic carbocycles. The fourth-order valence-electron chi connectivity index (χ4n) is 3.41. The van der Waals surface area contributed by atoms with E-state index in [9.17, 15) is 13.6 Å². The fourth-order valence-corrected chi connectivity index (χ4v) is 3.41. The molecule has 2 N–H and O–H groups in total. The van der Waals surface area contributed by atoms with Crippen LogP contribution >= 0.6 is 0 Å². The zero-order chi connectivity index (χ0) is 22.8. The van der Waals surface area contributed by atoms with E-state index in [-0.39, 0.29) is 11.1 Å². The Morgan fingerprint density at radius 3 is 2.66 bits per heavy atom. The average Bonchev–Trinajstić information content (AvgIpc) is 3.22. The largest absolute Gasteiger partial charge is 0.360 e. The number of hydrogen-bond acceptors (Lipinski definition) is 6. The molecule has 0 aliphatic heterocycles. The van der Waals surface area contributed by atoms with Crippen molar-refractivity contribution in [1.82, 2.24) is 29.5 Å². The maximum atomic E-state index is 14.0. The van der Waals surface area contributed by atoms with Crippen molar-refractivity contribution >= 4 is 23.2 Å². The summed E-state index contributed by atoms with van der Waals surface area (Å²) in [6.07, 6.45) is 7.43. The number of rotatable bonds is 6. The maximum Gasteiger partial charge on any atom is 0.265 e. The summed E-state index contributed by atoms with van der Waals surface area (Å²) >= 11 is 0. The molecule has 0 bridgehead atoms. The minimum absolute atomic E-state index is 0.0672. The number of aryl methyl sites for hydroxylation is 1. The molecule has 0 saturated carbocycles. The van der Waals surface area contributed by atoms with Gasteiger partial charge in [-0.3, -0.25) is 9.36 Å². The first-order chi connectivity index (χ1) is 15.4. The predicted molar refractivity (Wildman–Crippen MR) is 118 cm³/mol. The molecule has 1 atom stereocenters. The molecule has 0 saturated heterocycles. The minimum atomic E-state index is -0.797. The van der Waals surface area contributed by atoms with E-state index >= 15 is 0 Å². The van der Waals surface area contributed by atoms with Gasteiger partial charge in [0.05, 0.1) is 23.6 Å². The molecular formula is C22H19F2N7O. The lowest BCUT2D eigenvalue weighted by Gasteiger charge is -2.20. The number of H-pyrrole nitrogens is 1. The first-order valence-electron chi connectivity index (χ1n) is 9.68. The molecule has 32 heavy (non-hydrogen) atoms. The molecule has 4 rings (SSSR count). The van der Waals surface area contributed by atoms with Crippen molar-refractivity contribution in [2.75, 3.05) is 5.32 Å². The molecule has 10 heteroatoms. The third-order valence-corrected chi connectivity index (χ3v) is 4.83. The summed E-state index contributed by atoms with van der Waals surface area (Å²) in [4.78, 5) is 33.3. The van der Waals surface area contributed by atoms with Crippen LogP contribution in [-0.2, 0) is 0 Å². The number of nitrogens with one attached hydrogen (secondary N) is 2. The molecule has 0 amide bonds. The van der Waals surface area contributed by atoms with Gasteiger partial charge >= 0.3 is 0 Å². The average molecular weight is 435 g/mol. The van der Waals surface area contributed by atoms with E-state index in [0.717, 1.165) is 18.2 Å². The van der Waals surface area contributed by atoms with Crippen LogP contribution in [0, 0.1) is 18.6 Å². The minimum Gasteiger partial charge on any atom is -0.360 e. The number of nitrogens with zero attached hydrogens (tertiary/aromatic N) is 5. The van der Waals surface area contributed by atoms with Gasteiger partial charge in [-0.15, -0.1) is 0 Å². The van der Waals surface area contributed by atoms with Crippen molar-refractivity contribution in [3.63, 3.8) is 0 Å². The smallest absolute Gasteiger partial charge is 0.265 e. The Morgan fingerprint density at radius 2 is 1.94 bits per heavy atom. The molecule has 162 valence electrons. The molecule has 0 aliphatic carbocycles. The van der Waals surface area contributed by atoms with Crippen molar-refractivity contribution in [2.24, 2.45) is 0 Å². The maximum absolute atomic E-state index is 14.0. The summed E-state index contributed by atoms with van der Waals surface area (Å²) in [7, 11) is 0. The van der Waals surface area contributed by atoms with Gasteiger partial charge in [0.2, 0.25) is 0 Å². The Kier molecular flexibility index (Phi) is 5.59. The van der Waals surface area contributed by atoms with Crippen LogP contribution in [0.2, 0.25) is 0 Å². The lowest BCUT2D eigenvalue weighted by atomic mass is 10.0. The number of hydrogen-bond donors (Lipinski definition) is 2. The third-order valence-electron chi connectivity index (χ3n) is 4.83. The molecular weight excluding hydrogens is 416 g/mol. The number of aromatic amines is 1. The SMILES string of the molecule is C=C/C=C\n1c(C)nc(C(C)Nc2ncnc3nc[nH]c23)c(-c2cc(F)cc(F)c2)c1=O. The van der Waals surface area contributed by atoms with E-state index < -0.39 is 23.2 Å². The van der Waals surface area contributed by atoms with E-state index in [1.54, 1.807) is 19.9 Å². The number of fused-ring (bicyclic) bond motifs is 1. The van der Waals surface area contributed by atoms with E-state index in [1.807, 2.05) is 0 Å². The summed E-state index contributed by atoms with van der Waals surface area (Å²) in [5, 5.41) is 3.19. The van der Waals surface area contributed by atoms with E-state index in [2.05, 4.69) is 36.8 Å². The van der Waals surface area contributed by atoms with E-state index in [4.69, 9.17) is 0 Å². The van der Waals surface area contributed by atoms with Gasteiger partial charge in [0.25, 0.3) is 5.56 Å². The Hall–Kier alpha value is -4.21. The second-order valence-electron chi connectivity index (χ2n) is 7.02. The van der Waals surface area contributed by atoms with Crippen molar-refractivity contribution in [3.05, 3.63) is 83.1 Å². The zero-order valence-electron chi connectivity index (χ0n) is 17.3. The van der Waals surface area contributed by atoms with Gasteiger partial charge in [0.15, 0.2) is 11.5 Å². The van der Waals surface area contributed by atoms with E-state index in [0.29, 0.717) is 28.5 Å². The van der Waals surface area contributed by atoms with Crippen LogP contribution in [0.1, 0.15) is 24.5 Å². The number of imidazole rings is 1. The highest BCUT2D eigenvalue weighted by Gasteiger charge is 2.22. The summed E-state index contributed by atoms with van der Waals surface area (Å²) in [5.74, 6) is -0.748. The Balaban J connectivity index is 1.90. The summed E-state index contributed by atoms with van der Waals surface area (Å²) in [5.41, 5.74) is 1.04. The van der Waals surface area contributed by atoms with Crippen molar-refractivity contribution in [1.29, 1.82) is 0 Å². The quantitative estimate of drug-likeness (QED) is 0.444. The molecule has 8 nitrogen and oxygen atoms in total. The Morgan fingerprint density at radius 1 is 1.19 bits per heavy atom. The van der Waals surface area contributed by atoms with Crippen LogP contribution in [0.4, 0.5) is 14.6 Å². The summed E-state index contributed by atoms with van der Waals surface area (Å²) in [6, 6.07) is 2.40. The predicted octanol–water partition coefficient (Wildman–Crippen LogP) is 3.99. The second-order valence-corrected chi connectivity index (χ2v) is 7.02. The first-order valence-corrected chi connectivity index (χ1v) is 9.68. The van der Waals surface area contributed by atoms with Crippen LogP contribution in [-0.4, -0.2) is 29.5 Å². The Labute approximate surface area is 181 Å². The molecule has 3 heterocycles. The zero-order valence-corrected chi connectivity index (χ0v) is 17.3. The van der Waals surface area contributed by atoms with E-state index in [1.165, 1.54) is 29.5 Å². The number of halogens is 2. The van der Waals surface area contributed by atoms with Gasteiger partial charge in [-0.1, -0.05) is 12.7 Å². The monoisotopic (exact) mass is 435 g/mol. The van der Waals surface area contributed by atoms with Gasteiger partial charge in [0, 0.05) is 12.3 Å². The molecule has 4 aromatic rings. The standard InChI is InChI=1S/C22H19F2N7O/c1-4-5-6-31-13(3)30-18(17(22(31)32)14-7-15(23)9-16(24)8-14)12(2)29-21-19-20(26-10-25-19)27-11-28-21/h4-12H,1H2,2-3H3,(H2,25,26,27,28,29)/b6-5-. The van der Waals surface area contributed by atoms with Gasteiger partial charge in [-0.05, 0) is 37.6 Å². The van der Waals surface area contributed by atoms with Gasteiger partial charge in [-0.2, -0.15) is 0 Å². The second kappa shape index (κ2) is 8.50. The lowest BCUT2D eigenvalue weighted by Crippen LogP contribution is -2.26. The highest BCUT2D eigenvalue weighted by Crippen LogP contribution is 2.28. The molecule has 0 aliphatic rings. The third kappa shape index (κ3) is 3.89. The topological polar surface area (TPSA) is 101 Å². The van der Waals surface area contributed by atoms with Crippen molar-refractivity contribution in [3.8, 4) is 11.1 Å². The molecule has 0 fully saturated rings.